The number of aliphatic hydroxyl groups excluding tert-OH is 1. The molecule has 0 unspecified atom stereocenters. The molecule has 25 heavy (non-hydrogen) atoms. The lowest BCUT2D eigenvalue weighted by atomic mass is 10.1. The predicted octanol–water partition coefficient (Wildman–Crippen LogP) is 4.45. The summed E-state index contributed by atoms with van der Waals surface area (Å²) >= 11 is 5.99. The number of anilines is 1. The van der Waals surface area contributed by atoms with Crippen molar-refractivity contribution in [3.05, 3.63) is 76.8 Å². The van der Waals surface area contributed by atoms with E-state index in [-0.39, 0.29) is 6.61 Å². The van der Waals surface area contributed by atoms with E-state index in [0.29, 0.717) is 6.67 Å². The van der Waals surface area contributed by atoms with Gasteiger partial charge in [0.1, 0.15) is 12.5 Å². The Morgan fingerprint density at radius 1 is 1.16 bits per heavy atom. The highest BCUT2D eigenvalue weighted by Crippen LogP contribution is 2.29. The number of rotatable bonds is 3. The Balaban J connectivity index is 1.68. The van der Waals surface area contributed by atoms with E-state index in [4.69, 9.17) is 16.6 Å². The molecule has 1 aliphatic heterocycles. The van der Waals surface area contributed by atoms with Crippen LogP contribution in [-0.4, -0.2) is 14.7 Å². The van der Waals surface area contributed by atoms with Gasteiger partial charge in [0, 0.05) is 28.2 Å². The molecule has 0 radical (unpaired) electrons. The molecule has 0 saturated heterocycles. The quantitative estimate of drug-likeness (QED) is 0.757. The van der Waals surface area contributed by atoms with Gasteiger partial charge in [0.25, 0.3) is 0 Å². The molecule has 0 spiro atoms. The van der Waals surface area contributed by atoms with Gasteiger partial charge in [0.2, 0.25) is 0 Å². The van der Waals surface area contributed by atoms with Gasteiger partial charge in [0.05, 0.1) is 12.3 Å². The van der Waals surface area contributed by atoms with Crippen LogP contribution in [0.25, 0.3) is 17.3 Å². The molecule has 1 aliphatic rings. The molecular weight excluding hydrogens is 334 g/mol. The van der Waals surface area contributed by atoms with Gasteiger partial charge in [-0.3, -0.25) is 0 Å². The normalized spacial score (nSPS) is 13.2. The molecular formula is C20H18ClN3O. The van der Waals surface area contributed by atoms with Crippen LogP contribution in [-0.2, 0) is 13.3 Å². The molecule has 5 heteroatoms. The van der Waals surface area contributed by atoms with E-state index < -0.39 is 0 Å². The molecule has 4 nitrogen and oxygen atoms in total. The van der Waals surface area contributed by atoms with Gasteiger partial charge in [-0.1, -0.05) is 35.9 Å². The molecule has 1 N–H and O–H groups in total. The summed E-state index contributed by atoms with van der Waals surface area (Å²) in [4.78, 5) is 6.92. The SMILES string of the molecule is Cc1c(-c2ccc(Cl)cc2)nc2n1CN(c1cccc(CO)c1)C=C2. The van der Waals surface area contributed by atoms with E-state index in [1.54, 1.807) is 0 Å². The number of benzene rings is 2. The molecule has 4 rings (SSSR count). The fourth-order valence-corrected chi connectivity index (χ4v) is 3.23. The molecule has 126 valence electrons. The predicted molar refractivity (Wildman–Crippen MR) is 101 cm³/mol. The summed E-state index contributed by atoms with van der Waals surface area (Å²) in [5, 5.41) is 10.1. The fourth-order valence-electron chi connectivity index (χ4n) is 3.10. The second-order valence-electron chi connectivity index (χ2n) is 6.09. The first-order chi connectivity index (χ1) is 12.2. The van der Waals surface area contributed by atoms with Crippen LogP contribution in [0.15, 0.2) is 54.7 Å². The van der Waals surface area contributed by atoms with E-state index >= 15 is 0 Å². The number of hydrogen-bond donors (Lipinski definition) is 1. The van der Waals surface area contributed by atoms with Crippen LogP contribution < -0.4 is 4.90 Å². The summed E-state index contributed by atoms with van der Waals surface area (Å²) in [6.45, 7) is 2.82. The third-order valence-corrected chi connectivity index (χ3v) is 4.74. The topological polar surface area (TPSA) is 41.3 Å². The Morgan fingerprint density at radius 2 is 1.96 bits per heavy atom. The van der Waals surface area contributed by atoms with E-state index in [9.17, 15) is 5.11 Å². The summed E-state index contributed by atoms with van der Waals surface area (Å²) in [7, 11) is 0. The van der Waals surface area contributed by atoms with Crippen LogP contribution in [0.3, 0.4) is 0 Å². The van der Waals surface area contributed by atoms with Crippen molar-refractivity contribution in [3.63, 3.8) is 0 Å². The summed E-state index contributed by atoms with van der Waals surface area (Å²) in [5.74, 6) is 0.942. The van der Waals surface area contributed by atoms with Gasteiger partial charge >= 0.3 is 0 Å². The zero-order valence-corrected chi connectivity index (χ0v) is 14.6. The molecule has 0 amide bonds. The summed E-state index contributed by atoms with van der Waals surface area (Å²) < 4.78 is 2.19. The first kappa shape index (κ1) is 15.9. The third kappa shape index (κ3) is 2.95. The molecule has 0 bridgehead atoms. The highest BCUT2D eigenvalue weighted by Gasteiger charge is 2.19. The van der Waals surface area contributed by atoms with Gasteiger partial charge in [-0.2, -0.15) is 0 Å². The van der Waals surface area contributed by atoms with Crippen LogP contribution in [0.5, 0.6) is 0 Å². The molecule has 2 heterocycles. The van der Waals surface area contributed by atoms with Gasteiger partial charge in [-0.05, 0) is 42.8 Å². The standard InChI is InChI=1S/C20H18ClN3O/c1-14-20(16-5-7-17(21)8-6-16)22-19-9-10-23(13-24(14)19)18-4-2-3-15(11-18)12-25/h2-11,25H,12-13H2,1H3. The highest BCUT2D eigenvalue weighted by molar-refractivity contribution is 6.30. The van der Waals surface area contributed by atoms with Gasteiger partial charge < -0.3 is 14.6 Å². The Morgan fingerprint density at radius 3 is 2.72 bits per heavy atom. The summed E-state index contributed by atoms with van der Waals surface area (Å²) in [6, 6.07) is 15.7. The van der Waals surface area contributed by atoms with Gasteiger partial charge in [-0.25, -0.2) is 4.98 Å². The number of fused-ring (bicyclic) bond motifs is 1. The molecule has 0 aliphatic carbocycles. The lowest BCUT2D eigenvalue weighted by Crippen LogP contribution is -2.25. The van der Waals surface area contributed by atoms with E-state index in [1.807, 2.05) is 60.8 Å². The smallest absolute Gasteiger partial charge is 0.136 e. The Bertz CT molecular complexity index is 944. The van der Waals surface area contributed by atoms with Crippen molar-refractivity contribution in [2.45, 2.75) is 20.2 Å². The number of aliphatic hydroxyl groups is 1. The average Bonchev–Trinajstić information content (AvgIpc) is 2.98. The maximum atomic E-state index is 9.35. The maximum absolute atomic E-state index is 9.35. The first-order valence-electron chi connectivity index (χ1n) is 8.13. The molecule has 0 fully saturated rings. The fraction of sp³-hybridized carbons (Fsp3) is 0.150. The monoisotopic (exact) mass is 351 g/mol. The van der Waals surface area contributed by atoms with Crippen LogP contribution in [0, 0.1) is 6.92 Å². The number of halogens is 1. The van der Waals surface area contributed by atoms with Crippen LogP contribution in [0.4, 0.5) is 5.69 Å². The summed E-state index contributed by atoms with van der Waals surface area (Å²) in [5.41, 5.74) is 5.11. The van der Waals surface area contributed by atoms with Crippen molar-refractivity contribution in [1.29, 1.82) is 0 Å². The number of nitrogens with zero attached hydrogens (tertiary/aromatic N) is 3. The molecule has 3 aromatic rings. The van der Waals surface area contributed by atoms with Gasteiger partial charge in [0.15, 0.2) is 0 Å². The Labute approximate surface area is 151 Å². The van der Waals surface area contributed by atoms with Crippen molar-refractivity contribution >= 4 is 23.4 Å². The van der Waals surface area contributed by atoms with E-state index in [1.165, 1.54) is 0 Å². The maximum Gasteiger partial charge on any atom is 0.136 e. The minimum Gasteiger partial charge on any atom is -0.392 e. The minimum absolute atomic E-state index is 0.0431. The van der Waals surface area contributed by atoms with Crippen molar-refractivity contribution in [2.24, 2.45) is 0 Å². The van der Waals surface area contributed by atoms with Gasteiger partial charge in [-0.15, -0.1) is 0 Å². The molecule has 1 aromatic heterocycles. The van der Waals surface area contributed by atoms with Crippen LogP contribution >= 0.6 is 11.6 Å². The Hall–Kier alpha value is -2.56. The van der Waals surface area contributed by atoms with E-state index in [2.05, 4.69) is 16.4 Å². The zero-order chi connectivity index (χ0) is 17.4. The second kappa shape index (κ2) is 6.39. The molecule has 2 aromatic carbocycles. The number of imidazole rings is 1. The Kier molecular flexibility index (Phi) is 4.07. The first-order valence-corrected chi connectivity index (χ1v) is 8.51. The van der Waals surface area contributed by atoms with Crippen LogP contribution in [0.1, 0.15) is 17.1 Å². The van der Waals surface area contributed by atoms with Crippen molar-refractivity contribution in [1.82, 2.24) is 9.55 Å². The second-order valence-corrected chi connectivity index (χ2v) is 6.53. The van der Waals surface area contributed by atoms with Crippen molar-refractivity contribution in [3.8, 4) is 11.3 Å². The van der Waals surface area contributed by atoms with Crippen LogP contribution in [0.2, 0.25) is 5.02 Å². The average molecular weight is 352 g/mol. The number of hydrogen-bond acceptors (Lipinski definition) is 3. The molecule has 0 saturated carbocycles. The van der Waals surface area contributed by atoms with Crippen molar-refractivity contribution in [2.75, 3.05) is 4.90 Å². The minimum atomic E-state index is 0.0431. The number of aromatic nitrogens is 2. The molecule has 0 atom stereocenters. The lowest BCUT2D eigenvalue weighted by molar-refractivity contribution is 0.282. The van der Waals surface area contributed by atoms with Crippen molar-refractivity contribution < 1.29 is 5.11 Å². The largest absolute Gasteiger partial charge is 0.392 e. The lowest BCUT2D eigenvalue weighted by Gasteiger charge is -2.26. The summed E-state index contributed by atoms with van der Waals surface area (Å²) in [6.07, 6.45) is 4.05. The zero-order valence-electron chi connectivity index (χ0n) is 13.9. The highest BCUT2D eigenvalue weighted by atomic mass is 35.5. The van der Waals surface area contributed by atoms with E-state index in [0.717, 1.165) is 39.0 Å². The third-order valence-electron chi connectivity index (χ3n) is 4.49.